The summed E-state index contributed by atoms with van der Waals surface area (Å²) in [4.78, 5) is 36.0. The van der Waals surface area contributed by atoms with Gasteiger partial charge in [0.15, 0.2) is 0 Å². The Morgan fingerprint density at radius 3 is 2.46 bits per heavy atom. The number of anilines is 1. The molecule has 1 N–H and O–H groups in total. The summed E-state index contributed by atoms with van der Waals surface area (Å²) in [6.07, 6.45) is 1.41. The number of amides is 1. The van der Waals surface area contributed by atoms with Gasteiger partial charge in [-0.1, -0.05) is 30.3 Å². The molecule has 1 amide bonds. The summed E-state index contributed by atoms with van der Waals surface area (Å²) in [6.45, 7) is 1.74. The Morgan fingerprint density at radius 2 is 1.77 bits per heavy atom. The molecule has 0 spiro atoms. The van der Waals surface area contributed by atoms with Crippen LogP contribution in [0.3, 0.4) is 0 Å². The van der Waals surface area contributed by atoms with Crippen molar-refractivity contribution in [1.29, 1.82) is 0 Å². The maximum absolute atomic E-state index is 13.3. The highest BCUT2D eigenvalue weighted by Gasteiger charge is 2.18. The Hall–Kier alpha value is -4.24. The first-order chi connectivity index (χ1) is 17.0. The number of nitrogens with zero attached hydrogens (tertiary/aromatic N) is 3. The molecule has 0 fully saturated rings. The molecule has 8 nitrogen and oxygen atoms in total. The first-order valence-electron chi connectivity index (χ1n) is 10.8. The Morgan fingerprint density at radius 1 is 1.06 bits per heavy atom. The number of methoxy groups -OCH3 is 2. The van der Waals surface area contributed by atoms with E-state index < -0.39 is 0 Å². The Labute approximate surface area is 204 Å². The predicted octanol–water partition coefficient (Wildman–Crippen LogP) is 4.64. The number of benzene rings is 2. The minimum Gasteiger partial charge on any atom is -0.497 e. The van der Waals surface area contributed by atoms with Crippen LogP contribution in [0, 0.1) is 6.92 Å². The lowest BCUT2D eigenvalue weighted by molar-refractivity contribution is -0.116. The number of ether oxygens (including phenoxy) is 2. The zero-order valence-corrected chi connectivity index (χ0v) is 20.2. The molecule has 5 aromatic rings. The first-order valence-corrected chi connectivity index (χ1v) is 11.7. The standard InChI is InChI=1S/C26H22N4O4S/c1-15-9-20(16-7-5-4-6-8-16)22-23-24(35-25(22)28-15)26(32)30(14-27-23)13-21(31)29-17-10-18(33-2)12-19(11-17)34-3/h4-12,14H,13H2,1-3H3,(H,29,31). The summed E-state index contributed by atoms with van der Waals surface area (Å²) in [6, 6.07) is 17.0. The van der Waals surface area contributed by atoms with Crippen LogP contribution in [0.4, 0.5) is 5.69 Å². The van der Waals surface area contributed by atoms with Crippen molar-refractivity contribution in [3.8, 4) is 22.6 Å². The molecule has 0 atom stereocenters. The van der Waals surface area contributed by atoms with Gasteiger partial charge in [-0.05, 0) is 24.1 Å². The molecule has 0 unspecified atom stereocenters. The highest BCUT2D eigenvalue weighted by molar-refractivity contribution is 7.25. The number of carbonyl (C=O) groups is 1. The van der Waals surface area contributed by atoms with Gasteiger partial charge in [-0.15, -0.1) is 11.3 Å². The fourth-order valence-corrected chi connectivity index (χ4v) is 5.12. The van der Waals surface area contributed by atoms with Crippen LogP contribution in [0.2, 0.25) is 0 Å². The number of nitrogens with one attached hydrogen (secondary N) is 1. The molecule has 0 aliphatic heterocycles. The highest BCUT2D eigenvalue weighted by Crippen LogP contribution is 2.37. The van der Waals surface area contributed by atoms with Gasteiger partial charge in [-0.2, -0.15) is 0 Å². The van der Waals surface area contributed by atoms with Crippen molar-refractivity contribution >= 4 is 43.4 Å². The average Bonchev–Trinajstić information content (AvgIpc) is 3.24. The molecule has 0 saturated heterocycles. The molecular weight excluding hydrogens is 464 g/mol. The van der Waals surface area contributed by atoms with Crippen molar-refractivity contribution in [3.63, 3.8) is 0 Å². The van der Waals surface area contributed by atoms with Crippen molar-refractivity contribution in [2.75, 3.05) is 19.5 Å². The van der Waals surface area contributed by atoms with Gasteiger partial charge in [0, 0.05) is 35.0 Å². The minimum atomic E-state index is -0.372. The van der Waals surface area contributed by atoms with Gasteiger partial charge in [-0.3, -0.25) is 14.2 Å². The van der Waals surface area contributed by atoms with Crippen LogP contribution in [0.25, 0.3) is 31.6 Å². The highest BCUT2D eigenvalue weighted by atomic mass is 32.1. The molecule has 0 aliphatic rings. The lowest BCUT2D eigenvalue weighted by atomic mass is 10.0. The van der Waals surface area contributed by atoms with Crippen LogP contribution in [-0.4, -0.2) is 34.7 Å². The summed E-state index contributed by atoms with van der Waals surface area (Å²) in [5.41, 5.74) is 3.68. The van der Waals surface area contributed by atoms with Crippen LogP contribution in [-0.2, 0) is 11.3 Å². The maximum atomic E-state index is 13.3. The number of rotatable bonds is 6. The van der Waals surface area contributed by atoms with Crippen LogP contribution in [0.5, 0.6) is 11.5 Å². The van der Waals surface area contributed by atoms with E-state index >= 15 is 0 Å². The third-order valence-corrected chi connectivity index (χ3v) is 6.64. The van der Waals surface area contributed by atoms with E-state index in [1.54, 1.807) is 18.2 Å². The second-order valence-electron chi connectivity index (χ2n) is 7.96. The molecule has 0 saturated carbocycles. The molecule has 2 aromatic carbocycles. The fourth-order valence-electron chi connectivity index (χ4n) is 3.98. The normalized spacial score (nSPS) is 11.1. The Bertz CT molecular complexity index is 1600. The maximum Gasteiger partial charge on any atom is 0.271 e. The molecule has 0 radical (unpaired) electrons. The summed E-state index contributed by atoms with van der Waals surface area (Å²) < 4.78 is 12.3. The number of aryl methyl sites for hydroxylation is 1. The van der Waals surface area contributed by atoms with Gasteiger partial charge < -0.3 is 14.8 Å². The van der Waals surface area contributed by atoms with E-state index in [0.717, 1.165) is 27.0 Å². The van der Waals surface area contributed by atoms with E-state index in [1.807, 2.05) is 43.3 Å². The van der Waals surface area contributed by atoms with Crippen LogP contribution < -0.4 is 20.3 Å². The zero-order chi connectivity index (χ0) is 24.5. The van der Waals surface area contributed by atoms with Crippen molar-refractivity contribution in [1.82, 2.24) is 14.5 Å². The molecular formula is C26H22N4O4S. The van der Waals surface area contributed by atoms with Gasteiger partial charge >= 0.3 is 0 Å². The van der Waals surface area contributed by atoms with Crippen molar-refractivity contribution < 1.29 is 14.3 Å². The van der Waals surface area contributed by atoms with E-state index in [1.165, 1.54) is 36.5 Å². The van der Waals surface area contributed by atoms with Gasteiger partial charge in [0.25, 0.3) is 5.56 Å². The van der Waals surface area contributed by atoms with Crippen LogP contribution in [0.1, 0.15) is 5.69 Å². The third-order valence-electron chi connectivity index (χ3n) is 5.58. The van der Waals surface area contributed by atoms with E-state index in [0.29, 0.717) is 27.4 Å². The van der Waals surface area contributed by atoms with E-state index in [4.69, 9.17) is 9.47 Å². The summed E-state index contributed by atoms with van der Waals surface area (Å²) >= 11 is 1.29. The monoisotopic (exact) mass is 486 g/mol. The van der Waals surface area contributed by atoms with Crippen molar-refractivity contribution in [2.24, 2.45) is 0 Å². The molecule has 0 bridgehead atoms. The van der Waals surface area contributed by atoms with E-state index in [9.17, 15) is 9.59 Å². The number of hydrogen-bond donors (Lipinski definition) is 1. The molecule has 35 heavy (non-hydrogen) atoms. The molecule has 9 heteroatoms. The van der Waals surface area contributed by atoms with Crippen LogP contribution >= 0.6 is 11.3 Å². The topological polar surface area (TPSA) is 95.3 Å². The molecule has 0 aliphatic carbocycles. The minimum absolute atomic E-state index is 0.187. The van der Waals surface area contributed by atoms with Crippen LogP contribution in [0.15, 0.2) is 65.7 Å². The Kier molecular flexibility index (Phi) is 5.92. The van der Waals surface area contributed by atoms with E-state index in [2.05, 4.69) is 15.3 Å². The number of carbonyl (C=O) groups excluding carboxylic acids is 1. The molecule has 176 valence electrons. The number of hydrogen-bond acceptors (Lipinski definition) is 7. The van der Waals surface area contributed by atoms with Gasteiger partial charge in [0.1, 0.15) is 27.6 Å². The quantitative estimate of drug-likeness (QED) is 0.376. The fraction of sp³-hybridized carbons (Fsp3) is 0.154. The molecule has 3 aromatic heterocycles. The van der Waals surface area contributed by atoms with Crippen molar-refractivity contribution in [2.45, 2.75) is 13.5 Å². The summed E-state index contributed by atoms with van der Waals surface area (Å²) in [7, 11) is 3.07. The van der Waals surface area contributed by atoms with Crippen molar-refractivity contribution in [3.05, 3.63) is 77.0 Å². The lowest BCUT2D eigenvalue weighted by Crippen LogP contribution is -2.27. The molecule has 5 rings (SSSR count). The Balaban J connectivity index is 1.51. The molecule has 3 heterocycles. The van der Waals surface area contributed by atoms with Gasteiger partial charge in [0.2, 0.25) is 5.91 Å². The second kappa shape index (κ2) is 9.19. The largest absolute Gasteiger partial charge is 0.497 e. The number of fused-ring (bicyclic) bond motifs is 3. The third kappa shape index (κ3) is 4.33. The van der Waals surface area contributed by atoms with Gasteiger partial charge in [-0.25, -0.2) is 9.97 Å². The zero-order valence-electron chi connectivity index (χ0n) is 19.4. The lowest BCUT2D eigenvalue weighted by Gasteiger charge is -2.10. The average molecular weight is 487 g/mol. The summed E-state index contributed by atoms with van der Waals surface area (Å²) in [5.74, 6) is 0.716. The number of pyridine rings is 1. The predicted molar refractivity (Wildman–Crippen MR) is 138 cm³/mol. The smallest absolute Gasteiger partial charge is 0.271 e. The first kappa shape index (κ1) is 22.5. The number of thiophene rings is 1. The second-order valence-corrected chi connectivity index (χ2v) is 8.96. The summed E-state index contributed by atoms with van der Waals surface area (Å²) in [5, 5.41) is 3.63. The van der Waals surface area contributed by atoms with Gasteiger partial charge in [0.05, 0.1) is 26.1 Å². The SMILES string of the molecule is COc1cc(NC(=O)Cn2cnc3c(sc4nc(C)cc(-c5ccccc5)c43)c2=O)cc(OC)c1. The van der Waals surface area contributed by atoms with E-state index in [-0.39, 0.29) is 18.0 Å². The number of aromatic nitrogens is 3.